The lowest BCUT2D eigenvalue weighted by molar-refractivity contribution is -0.383. The van der Waals surface area contributed by atoms with Crippen molar-refractivity contribution in [3.63, 3.8) is 0 Å². The Bertz CT molecular complexity index is 816. The lowest BCUT2D eigenvalue weighted by atomic mass is 10.2. The van der Waals surface area contributed by atoms with Gasteiger partial charge in [0.15, 0.2) is 0 Å². The summed E-state index contributed by atoms with van der Waals surface area (Å²) in [5.41, 5.74) is 2.55. The molecule has 6 nitrogen and oxygen atoms in total. The van der Waals surface area contributed by atoms with E-state index in [1.54, 1.807) is 19.2 Å². The van der Waals surface area contributed by atoms with Crippen molar-refractivity contribution in [2.45, 2.75) is 6.61 Å². The van der Waals surface area contributed by atoms with E-state index in [4.69, 9.17) is 4.74 Å². The first-order chi connectivity index (χ1) is 12.2. The third kappa shape index (κ3) is 3.98. The highest BCUT2D eigenvalue weighted by atomic mass is 16.6. The molecule has 0 aliphatic carbocycles. The highest BCUT2D eigenvalue weighted by Crippen LogP contribution is 2.30. The molecule has 0 spiro atoms. The van der Waals surface area contributed by atoms with Crippen LogP contribution in [0.25, 0.3) is 0 Å². The van der Waals surface area contributed by atoms with E-state index in [1.165, 1.54) is 6.07 Å². The number of nitrogens with one attached hydrogen (secondary N) is 1. The van der Waals surface area contributed by atoms with Gasteiger partial charge < -0.3 is 15.0 Å². The van der Waals surface area contributed by atoms with E-state index in [0.29, 0.717) is 18.8 Å². The number of nitro groups is 1. The van der Waals surface area contributed by atoms with Crippen LogP contribution in [0.1, 0.15) is 5.56 Å². The quantitative estimate of drug-likeness (QED) is 0.636. The number of ether oxygens (including phenoxy) is 1. The van der Waals surface area contributed by atoms with Gasteiger partial charge in [-0.25, -0.2) is 0 Å². The molecular formula is C19H19N3O3. The van der Waals surface area contributed by atoms with Crippen molar-refractivity contribution in [2.75, 3.05) is 23.8 Å². The minimum absolute atomic E-state index is 0.0645. The third-order valence-electron chi connectivity index (χ3n) is 3.93. The molecule has 3 rings (SSSR count). The van der Waals surface area contributed by atoms with Crippen LogP contribution in [0.2, 0.25) is 0 Å². The molecule has 2 aromatic rings. The Morgan fingerprint density at radius 1 is 1.24 bits per heavy atom. The molecule has 0 fully saturated rings. The average Bonchev–Trinajstić information content (AvgIpc) is 2.67. The van der Waals surface area contributed by atoms with Crippen LogP contribution in [0, 0.1) is 10.1 Å². The van der Waals surface area contributed by atoms with Crippen LogP contribution in [-0.2, 0) is 11.3 Å². The molecule has 0 amide bonds. The van der Waals surface area contributed by atoms with Gasteiger partial charge in [0, 0.05) is 31.5 Å². The number of benzene rings is 2. The van der Waals surface area contributed by atoms with Gasteiger partial charge in [0.05, 0.1) is 4.92 Å². The molecule has 1 N–H and O–H groups in total. The van der Waals surface area contributed by atoms with Crippen LogP contribution in [0.15, 0.2) is 72.6 Å². The van der Waals surface area contributed by atoms with Crippen molar-refractivity contribution in [2.24, 2.45) is 0 Å². The second-order valence-electron chi connectivity index (χ2n) is 5.56. The van der Waals surface area contributed by atoms with Crippen molar-refractivity contribution in [1.82, 2.24) is 0 Å². The summed E-state index contributed by atoms with van der Waals surface area (Å²) in [5, 5.41) is 13.9. The first-order valence-electron chi connectivity index (χ1n) is 7.95. The zero-order valence-electron chi connectivity index (χ0n) is 13.9. The number of nitro benzene ring substituents is 1. The maximum absolute atomic E-state index is 11.0. The molecule has 128 valence electrons. The Hall–Kier alpha value is -3.28. The molecule has 1 aliphatic heterocycles. The second-order valence-corrected chi connectivity index (χ2v) is 5.56. The number of hydrogen-bond donors (Lipinski definition) is 1. The lowest BCUT2D eigenvalue weighted by Gasteiger charge is -2.23. The van der Waals surface area contributed by atoms with Crippen molar-refractivity contribution in [3.05, 3.63) is 88.3 Å². The molecule has 1 aliphatic rings. The summed E-state index contributed by atoms with van der Waals surface area (Å²) >= 11 is 0. The Morgan fingerprint density at radius 2 is 2.04 bits per heavy atom. The molecule has 0 aromatic heterocycles. The number of hydrogen-bond acceptors (Lipinski definition) is 5. The maximum atomic E-state index is 11.0. The van der Waals surface area contributed by atoms with Gasteiger partial charge in [-0.15, -0.1) is 0 Å². The van der Waals surface area contributed by atoms with Crippen molar-refractivity contribution < 1.29 is 9.66 Å². The summed E-state index contributed by atoms with van der Waals surface area (Å²) in [5.74, 6) is 0.816. The van der Waals surface area contributed by atoms with Crippen LogP contribution < -0.4 is 10.2 Å². The molecule has 25 heavy (non-hydrogen) atoms. The highest BCUT2D eigenvalue weighted by Gasteiger charge is 2.15. The van der Waals surface area contributed by atoms with Crippen LogP contribution in [0.5, 0.6) is 0 Å². The zero-order valence-corrected chi connectivity index (χ0v) is 13.9. The second kappa shape index (κ2) is 7.53. The van der Waals surface area contributed by atoms with E-state index in [9.17, 15) is 10.1 Å². The fraction of sp³-hybridized carbons (Fsp3) is 0.158. The van der Waals surface area contributed by atoms with Gasteiger partial charge in [-0.2, -0.15) is 0 Å². The molecule has 0 bridgehead atoms. The van der Waals surface area contributed by atoms with Gasteiger partial charge in [-0.05, 0) is 29.8 Å². The summed E-state index contributed by atoms with van der Waals surface area (Å²) in [6.07, 6.45) is 5.80. The van der Waals surface area contributed by atoms with Gasteiger partial charge in [0.25, 0.3) is 5.69 Å². The molecule has 0 radical (unpaired) electrons. The van der Waals surface area contributed by atoms with Crippen LogP contribution in [0.4, 0.5) is 17.1 Å². The van der Waals surface area contributed by atoms with Crippen LogP contribution in [0.3, 0.4) is 0 Å². The molecule has 1 heterocycles. The van der Waals surface area contributed by atoms with Gasteiger partial charge in [-0.1, -0.05) is 30.3 Å². The van der Waals surface area contributed by atoms with Gasteiger partial charge in [0.1, 0.15) is 18.1 Å². The molecular weight excluding hydrogens is 318 g/mol. The van der Waals surface area contributed by atoms with Crippen molar-refractivity contribution in [3.8, 4) is 0 Å². The lowest BCUT2D eigenvalue weighted by Crippen LogP contribution is -2.19. The summed E-state index contributed by atoms with van der Waals surface area (Å²) < 4.78 is 5.79. The first-order valence-corrected chi connectivity index (χ1v) is 7.95. The number of rotatable bonds is 6. The topological polar surface area (TPSA) is 67.6 Å². The van der Waals surface area contributed by atoms with Gasteiger partial charge in [-0.3, -0.25) is 10.1 Å². The predicted molar refractivity (Wildman–Crippen MR) is 98.4 cm³/mol. The Morgan fingerprint density at radius 3 is 2.68 bits per heavy atom. The summed E-state index contributed by atoms with van der Waals surface area (Å²) in [6.45, 7) is 1.17. The predicted octanol–water partition coefficient (Wildman–Crippen LogP) is 4.07. The smallest absolute Gasteiger partial charge is 0.292 e. The first kappa shape index (κ1) is 16.6. The summed E-state index contributed by atoms with van der Waals surface area (Å²) in [7, 11) is 1.67. The van der Waals surface area contributed by atoms with E-state index in [1.807, 2.05) is 53.6 Å². The monoisotopic (exact) mass is 337 g/mol. The normalized spacial score (nSPS) is 13.3. The van der Waals surface area contributed by atoms with Gasteiger partial charge in [0.2, 0.25) is 0 Å². The Kier molecular flexibility index (Phi) is 4.99. The number of allylic oxidation sites excluding steroid dienone is 1. The Labute approximate surface area is 146 Å². The third-order valence-corrected chi connectivity index (χ3v) is 3.93. The molecule has 6 heteroatoms. The van der Waals surface area contributed by atoms with E-state index in [-0.39, 0.29) is 5.69 Å². The fourth-order valence-corrected chi connectivity index (χ4v) is 2.58. The molecule has 0 unspecified atom stereocenters. The standard InChI is InChI=1S/C19H19N3O3/c1-20-18-13-16(7-8-19(18)22(23)24)21-11-9-17(10-12-21)25-14-15-5-3-2-4-6-15/h2-11,13,20H,12,14H2,1H3. The van der Waals surface area contributed by atoms with E-state index < -0.39 is 4.92 Å². The summed E-state index contributed by atoms with van der Waals surface area (Å²) in [6, 6.07) is 15.0. The van der Waals surface area contributed by atoms with Crippen molar-refractivity contribution >= 4 is 17.1 Å². The molecule has 0 saturated heterocycles. The maximum Gasteiger partial charge on any atom is 0.292 e. The molecule has 2 aromatic carbocycles. The van der Waals surface area contributed by atoms with Crippen molar-refractivity contribution in [1.29, 1.82) is 0 Å². The highest BCUT2D eigenvalue weighted by molar-refractivity contribution is 5.70. The van der Waals surface area contributed by atoms with E-state index in [0.717, 1.165) is 17.0 Å². The Balaban J connectivity index is 1.64. The zero-order chi connectivity index (χ0) is 17.6. The minimum Gasteiger partial charge on any atom is -0.489 e. The van der Waals surface area contributed by atoms with E-state index >= 15 is 0 Å². The van der Waals surface area contributed by atoms with E-state index in [2.05, 4.69) is 5.32 Å². The average molecular weight is 337 g/mol. The minimum atomic E-state index is -0.392. The van der Waals surface area contributed by atoms with Crippen LogP contribution in [-0.4, -0.2) is 18.5 Å². The SMILES string of the molecule is CNc1cc(N2C=CC(OCc3ccccc3)=CC2)ccc1[N+](=O)[O-]. The number of anilines is 2. The van der Waals surface area contributed by atoms with Gasteiger partial charge >= 0.3 is 0 Å². The summed E-state index contributed by atoms with van der Waals surface area (Å²) in [4.78, 5) is 12.6. The molecule has 0 atom stereocenters. The number of nitrogens with zero attached hydrogens (tertiary/aromatic N) is 2. The molecule has 0 saturated carbocycles. The largest absolute Gasteiger partial charge is 0.489 e. The van der Waals surface area contributed by atoms with Crippen LogP contribution >= 0.6 is 0 Å². The fourth-order valence-electron chi connectivity index (χ4n) is 2.58.